The third-order valence-corrected chi connectivity index (χ3v) is 7.09. The summed E-state index contributed by atoms with van der Waals surface area (Å²) in [5.41, 5.74) is 2.80. The minimum absolute atomic E-state index is 0.00116. The molecule has 0 saturated heterocycles. The number of hydrogen-bond acceptors (Lipinski definition) is 5. The van der Waals surface area contributed by atoms with Crippen LogP contribution in [-0.4, -0.2) is 41.6 Å². The fourth-order valence-electron chi connectivity index (χ4n) is 3.59. The second-order valence-electron chi connectivity index (χ2n) is 7.81. The van der Waals surface area contributed by atoms with Crippen LogP contribution in [0, 0.1) is 6.92 Å². The number of methoxy groups -OCH3 is 2. The molecule has 34 heavy (non-hydrogen) atoms. The molecule has 3 rings (SSSR count). The molecule has 0 aliphatic rings. The number of rotatable bonds is 11. The lowest BCUT2D eigenvalue weighted by molar-refractivity contribution is -0.119. The number of aryl methyl sites for hydroxylation is 2. The van der Waals surface area contributed by atoms with Crippen molar-refractivity contribution in [2.45, 2.75) is 24.7 Å². The van der Waals surface area contributed by atoms with Crippen LogP contribution in [0.1, 0.15) is 17.5 Å². The van der Waals surface area contributed by atoms with Crippen LogP contribution in [0.3, 0.4) is 0 Å². The Morgan fingerprint density at radius 2 is 1.65 bits per heavy atom. The van der Waals surface area contributed by atoms with E-state index in [-0.39, 0.29) is 23.1 Å². The van der Waals surface area contributed by atoms with Crippen LogP contribution in [0.5, 0.6) is 11.5 Å². The molecule has 0 spiro atoms. The minimum atomic E-state index is -4.05. The fraction of sp³-hybridized carbons (Fsp3) is 0.269. The molecule has 180 valence electrons. The van der Waals surface area contributed by atoms with Crippen molar-refractivity contribution in [3.63, 3.8) is 0 Å². The van der Waals surface area contributed by atoms with Gasteiger partial charge in [-0.15, -0.1) is 0 Å². The van der Waals surface area contributed by atoms with Gasteiger partial charge < -0.3 is 14.8 Å². The van der Waals surface area contributed by atoms with E-state index in [9.17, 15) is 13.2 Å². The first kappa shape index (κ1) is 25.1. The number of nitrogens with one attached hydrogen (secondary N) is 1. The number of nitrogens with zero attached hydrogens (tertiary/aromatic N) is 1. The molecule has 1 N–H and O–H groups in total. The Bertz CT molecular complexity index is 1210. The second kappa shape index (κ2) is 11.6. The zero-order valence-corrected chi connectivity index (χ0v) is 20.5. The van der Waals surface area contributed by atoms with Crippen LogP contribution in [0.15, 0.2) is 77.7 Å². The Labute approximate surface area is 201 Å². The molecule has 0 saturated carbocycles. The van der Waals surface area contributed by atoms with E-state index in [4.69, 9.17) is 9.47 Å². The van der Waals surface area contributed by atoms with E-state index < -0.39 is 10.0 Å². The maximum Gasteiger partial charge on any atom is 0.264 e. The third kappa shape index (κ3) is 6.29. The van der Waals surface area contributed by atoms with Gasteiger partial charge in [-0.2, -0.15) is 0 Å². The summed E-state index contributed by atoms with van der Waals surface area (Å²) in [6.45, 7) is 2.15. The maximum atomic E-state index is 13.5. The zero-order chi connectivity index (χ0) is 24.6. The summed E-state index contributed by atoms with van der Waals surface area (Å²) in [6.07, 6.45) is 1.58. The summed E-state index contributed by atoms with van der Waals surface area (Å²) in [6, 6.07) is 21.1. The van der Waals surface area contributed by atoms with Gasteiger partial charge in [-0.3, -0.25) is 9.10 Å². The Hall–Kier alpha value is -3.52. The number of anilines is 1. The summed E-state index contributed by atoms with van der Waals surface area (Å²) >= 11 is 0. The highest BCUT2D eigenvalue weighted by molar-refractivity contribution is 7.92. The minimum Gasteiger partial charge on any atom is -0.493 e. The first-order valence-electron chi connectivity index (χ1n) is 11.0. The smallest absolute Gasteiger partial charge is 0.264 e. The number of amides is 1. The van der Waals surface area contributed by atoms with Gasteiger partial charge in [0.2, 0.25) is 5.91 Å². The van der Waals surface area contributed by atoms with E-state index in [0.29, 0.717) is 18.0 Å². The first-order chi connectivity index (χ1) is 16.3. The highest BCUT2D eigenvalue weighted by Gasteiger charge is 2.28. The quantitative estimate of drug-likeness (QED) is 0.418. The van der Waals surface area contributed by atoms with Gasteiger partial charge in [-0.25, -0.2) is 8.42 Å². The van der Waals surface area contributed by atoms with Gasteiger partial charge in [0, 0.05) is 12.6 Å². The molecular formula is C26H30N2O5S. The fourth-order valence-corrected chi connectivity index (χ4v) is 5.02. The largest absolute Gasteiger partial charge is 0.493 e. The molecule has 0 aromatic heterocycles. The van der Waals surface area contributed by atoms with Crippen LogP contribution in [0.25, 0.3) is 0 Å². The Balaban J connectivity index is 1.74. The standard InChI is InChI=1S/C26H30N2O5S/c1-20-9-7-10-21(17-20)11-8-16-27-26(29)19-28(22-12-5-4-6-13-22)34(30,31)23-14-15-24(32-2)25(18-23)33-3/h4-7,9-10,12-15,17-18H,8,11,16,19H2,1-3H3,(H,27,29). The van der Waals surface area contributed by atoms with Crippen molar-refractivity contribution in [3.05, 3.63) is 83.9 Å². The number of para-hydroxylation sites is 1. The molecule has 0 unspecified atom stereocenters. The molecule has 0 aliphatic heterocycles. The van der Waals surface area contributed by atoms with Gasteiger partial charge in [0.05, 0.1) is 24.8 Å². The topological polar surface area (TPSA) is 84.9 Å². The van der Waals surface area contributed by atoms with Crippen molar-refractivity contribution in [1.29, 1.82) is 0 Å². The van der Waals surface area contributed by atoms with Crippen LogP contribution >= 0.6 is 0 Å². The van der Waals surface area contributed by atoms with Crippen molar-refractivity contribution in [1.82, 2.24) is 5.32 Å². The Morgan fingerprint density at radius 3 is 2.32 bits per heavy atom. The molecule has 0 fully saturated rings. The van der Waals surface area contributed by atoms with Gasteiger partial charge in [0.15, 0.2) is 11.5 Å². The predicted octanol–water partition coefficient (Wildman–Crippen LogP) is 3.96. The maximum absolute atomic E-state index is 13.5. The summed E-state index contributed by atoms with van der Waals surface area (Å²) in [4.78, 5) is 12.7. The van der Waals surface area contributed by atoms with Crippen molar-refractivity contribution < 1.29 is 22.7 Å². The first-order valence-corrected chi connectivity index (χ1v) is 12.4. The molecule has 7 nitrogen and oxygen atoms in total. The summed E-state index contributed by atoms with van der Waals surface area (Å²) in [5.74, 6) is 0.327. The highest BCUT2D eigenvalue weighted by Crippen LogP contribution is 2.32. The zero-order valence-electron chi connectivity index (χ0n) is 19.7. The molecule has 1 amide bonds. The number of carbonyl (C=O) groups excluding carboxylic acids is 1. The van der Waals surface area contributed by atoms with Crippen molar-refractivity contribution in [2.75, 3.05) is 31.6 Å². The molecule has 8 heteroatoms. The number of hydrogen-bond donors (Lipinski definition) is 1. The molecule has 3 aromatic carbocycles. The lowest BCUT2D eigenvalue weighted by Crippen LogP contribution is -2.41. The van der Waals surface area contributed by atoms with E-state index in [1.54, 1.807) is 30.3 Å². The number of benzene rings is 3. The number of sulfonamides is 1. The third-order valence-electron chi connectivity index (χ3n) is 5.32. The van der Waals surface area contributed by atoms with E-state index in [2.05, 4.69) is 17.4 Å². The molecule has 0 bridgehead atoms. The lowest BCUT2D eigenvalue weighted by Gasteiger charge is -2.24. The summed E-state index contributed by atoms with van der Waals surface area (Å²) < 4.78 is 38.6. The average Bonchev–Trinajstić information content (AvgIpc) is 2.85. The van der Waals surface area contributed by atoms with Crippen LogP contribution in [0.4, 0.5) is 5.69 Å². The van der Waals surface area contributed by atoms with Crippen LogP contribution in [-0.2, 0) is 21.2 Å². The molecular weight excluding hydrogens is 452 g/mol. The van der Waals surface area contributed by atoms with Gasteiger partial charge in [-0.1, -0.05) is 48.0 Å². The summed E-state index contributed by atoms with van der Waals surface area (Å²) in [5, 5.41) is 2.84. The highest BCUT2D eigenvalue weighted by atomic mass is 32.2. The van der Waals surface area contributed by atoms with E-state index in [0.717, 1.165) is 17.1 Å². The SMILES string of the molecule is COc1ccc(S(=O)(=O)N(CC(=O)NCCCc2cccc(C)c2)c2ccccc2)cc1OC. The normalized spacial score (nSPS) is 11.0. The monoisotopic (exact) mass is 482 g/mol. The molecule has 3 aromatic rings. The molecule has 0 heterocycles. The van der Waals surface area contributed by atoms with Gasteiger partial charge >= 0.3 is 0 Å². The van der Waals surface area contributed by atoms with Crippen LogP contribution in [0.2, 0.25) is 0 Å². The summed E-state index contributed by atoms with van der Waals surface area (Å²) in [7, 11) is -1.13. The van der Waals surface area contributed by atoms with E-state index in [1.807, 2.05) is 19.1 Å². The Morgan fingerprint density at radius 1 is 0.912 bits per heavy atom. The Kier molecular flexibility index (Phi) is 8.54. The van der Waals surface area contributed by atoms with Crippen LogP contribution < -0.4 is 19.1 Å². The van der Waals surface area contributed by atoms with Crippen molar-refractivity contribution in [2.24, 2.45) is 0 Å². The van der Waals surface area contributed by atoms with Gasteiger partial charge in [0.25, 0.3) is 10.0 Å². The number of ether oxygens (including phenoxy) is 2. The van der Waals surface area contributed by atoms with Gasteiger partial charge in [0.1, 0.15) is 6.54 Å². The van der Waals surface area contributed by atoms with Crippen molar-refractivity contribution in [3.8, 4) is 11.5 Å². The second-order valence-corrected chi connectivity index (χ2v) is 9.67. The van der Waals surface area contributed by atoms with Gasteiger partial charge in [-0.05, 0) is 49.6 Å². The van der Waals surface area contributed by atoms with E-state index >= 15 is 0 Å². The molecule has 0 aliphatic carbocycles. The molecule has 0 atom stereocenters. The predicted molar refractivity (Wildman–Crippen MR) is 133 cm³/mol. The lowest BCUT2D eigenvalue weighted by atomic mass is 10.1. The van der Waals surface area contributed by atoms with Crippen molar-refractivity contribution >= 4 is 21.6 Å². The molecule has 0 radical (unpaired) electrons. The average molecular weight is 483 g/mol. The van der Waals surface area contributed by atoms with E-state index in [1.165, 1.54) is 43.5 Å². The number of carbonyl (C=O) groups is 1.